The van der Waals surface area contributed by atoms with Crippen LogP contribution in [0.3, 0.4) is 0 Å². The third kappa shape index (κ3) is 4.36. The molecule has 3 N–H and O–H groups in total. The molecule has 0 heterocycles. The van der Waals surface area contributed by atoms with Gasteiger partial charge in [-0.1, -0.05) is 39.3 Å². The number of nitrogen functional groups attached to an aromatic ring is 1. The van der Waals surface area contributed by atoms with E-state index in [2.05, 4.69) is 32.4 Å². The van der Waals surface area contributed by atoms with Gasteiger partial charge in [-0.3, -0.25) is 0 Å². The van der Waals surface area contributed by atoms with Gasteiger partial charge in [-0.25, -0.2) is 13.1 Å². The Labute approximate surface area is 126 Å². The number of nitrogens with two attached hydrogens (primary N) is 1. The van der Waals surface area contributed by atoms with E-state index < -0.39 is 10.0 Å². The lowest BCUT2D eigenvalue weighted by molar-refractivity contribution is 0.289. The van der Waals surface area contributed by atoms with Crippen LogP contribution in [0, 0.1) is 17.8 Å². The molecule has 4 nitrogen and oxygen atoms in total. The van der Waals surface area contributed by atoms with Crippen molar-refractivity contribution in [3.05, 3.63) is 23.2 Å². The van der Waals surface area contributed by atoms with E-state index in [1.807, 2.05) is 0 Å². The molecule has 114 valence electrons. The summed E-state index contributed by atoms with van der Waals surface area (Å²) in [6.45, 7) is 8.80. The fraction of sp³-hybridized carbons (Fsp3) is 0.571. The first-order valence-corrected chi connectivity index (χ1v) is 8.56. The van der Waals surface area contributed by atoms with Crippen LogP contribution in [0.5, 0.6) is 0 Å². The SMILES string of the molecule is CC(C)C(CNS(=O)(=O)c1ccc(N)c(Cl)c1)C(C)C. The highest BCUT2D eigenvalue weighted by atomic mass is 35.5. The lowest BCUT2D eigenvalue weighted by Crippen LogP contribution is -2.34. The van der Waals surface area contributed by atoms with E-state index in [0.717, 1.165) is 0 Å². The number of rotatable bonds is 6. The third-order valence-corrected chi connectivity index (χ3v) is 5.25. The van der Waals surface area contributed by atoms with Gasteiger partial charge in [0, 0.05) is 6.54 Å². The van der Waals surface area contributed by atoms with Crippen molar-refractivity contribution in [2.24, 2.45) is 17.8 Å². The maximum Gasteiger partial charge on any atom is 0.240 e. The first kappa shape index (κ1) is 17.3. The molecule has 0 spiro atoms. The standard InChI is InChI=1S/C14H23ClN2O2S/c1-9(2)12(10(3)4)8-17-20(18,19)11-5-6-14(16)13(15)7-11/h5-7,9-10,12,17H,8,16H2,1-4H3. The minimum absolute atomic E-state index is 0.142. The van der Waals surface area contributed by atoms with E-state index in [1.54, 1.807) is 0 Å². The van der Waals surface area contributed by atoms with Gasteiger partial charge in [0.1, 0.15) is 0 Å². The molecule has 0 aliphatic rings. The largest absolute Gasteiger partial charge is 0.398 e. The zero-order valence-electron chi connectivity index (χ0n) is 12.4. The summed E-state index contributed by atoms with van der Waals surface area (Å²) in [6.07, 6.45) is 0. The van der Waals surface area contributed by atoms with Crippen LogP contribution < -0.4 is 10.5 Å². The van der Waals surface area contributed by atoms with Crippen LogP contribution in [0.1, 0.15) is 27.7 Å². The molecule has 0 amide bonds. The molecule has 20 heavy (non-hydrogen) atoms. The Hall–Kier alpha value is -0.780. The van der Waals surface area contributed by atoms with Gasteiger partial charge < -0.3 is 5.73 Å². The number of nitrogens with one attached hydrogen (secondary N) is 1. The van der Waals surface area contributed by atoms with Crippen molar-refractivity contribution >= 4 is 27.3 Å². The van der Waals surface area contributed by atoms with Crippen molar-refractivity contribution in [2.75, 3.05) is 12.3 Å². The summed E-state index contributed by atoms with van der Waals surface area (Å²) in [5, 5.41) is 0.247. The normalized spacial score (nSPS) is 12.6. The van der Waals surface area contributed by atoms with E-state index in [4.69, 9.17) is 17.3 Å². The van der Waals surface area contributed by atoms with Gasteiger partial charge in [-0.2, -0.15) is 0 Å². The molecule has 0 bridgehead atoms. The summed E-state index contributed by atoms with van der Waals surface area (Å²) in [6, 6.07) is 4.33. The zero-order valence-corrected chi connectivity index (χ0v) is 13.9. The molecular formula is C14H23ClN2O2S. The predicted molar refractivity (Wildman–Crippen MR) is 84.2 cm³/mol. The smallest absolute Gasteiger partial charge is 0.240 e. The van der Waals surface area contributed by atoms with Gasteiger partial charge in [-0.15, -0.1) is 0 Å². The Bertz CT molecular complexity index is 548. The second-order valence-electron chi connectivity index (χ2n) is 5.69. The molecule has 0 radical (unpaired) electrons. The Morgan fingerprint density at radius 2 is 1.75 bits per heavy atom. The average molecular weight is 319 g/mol. The van der Waals surface area contributed by atoms with Gasteiger partial charge in [0.15, 0.2) is 0 Å². The molecule has 6 heteroatoms. The van der Waals surface area contributed by atoms with Gasteiger partial charge >= 0.3 is 0 Å². The van der Waals surface area contributed by atoms with Crippen LogP contribution in [0.15, 0.2) is 23.1 Å². The third-order valence-electron chi connectivity index (χ3n) is 3.50. The molecule has 0 fully saturated rings. The molecule has 1 aromatic carbocycles. The first-order valence-electron chi connectivity index (χ1n) is 6.70. The number of halogens is 1. The summed E-state index contributed by atoms with van der Waals surface area (Å²) in [4.78, 5) is 0.142. The van der Waals surface area contributed by atoms with E-state index in [0.29, 0.717) is 24.1 Å². The summed E-state index contributed by atoms with van der Waals surface area (Å²) in [7, 11) is -3.55. The van der Waals surface area contributed by atoms with Crippen molar-refractivity contribution in [3.8, 4) is 0 Å². The monoisotopic (exact) mass is 318 g/mol. The van der Waals surface area contributed by atoms with Crippen molar-refractivity contribution in [2.45, 2.75) is 32.6 Å². The molecule has 0 saturated carbocycles. The highest BCUT2D eigenvalue weighted by molar-refractivity contribution is 7.89. The summed E-state index contributed by atoms with van der Waals surface area (Å²) in [5.41, 5.74) is 5.95. The van der Waals surface area contributed by atoms with Gasteiger partial charge in [-0.05, 0) is 36.0 Å². The summed E-state index contributed by atoms with van der Waals surface area (Å²) >= 11 is 5.87. The quantitative estimate of drug-likeness (QED) is 0.791. The van der Waals surface area contributed by atoms with Gasteiger partial charge in [0.2, 0.25) is 10.0 Å². The van der Waals surface area contributed by atoms with Crippen LogP contribution in [-0.2, 0) is 10.0 Å². The molecule has 0 aliphatic carbocycles. The molecule has 1 rings (SSSR count). The highest BCUT2D eigenvalue weighted by Crippen LogP contribution is 2.23. The van der Waals surface area contributed by atoms with Crippen molar-refractivity contribution in [1.29, 1.82) is 0 Å². The molecule has 0 aliphatic heterocycles. The van der Waals surface area contributed by atoms with Crippen LogP contribution in [0.4, 0.5) is 5.69 Å². The van der Waals surface area contributed by atoms with Crippen LogP contribution in [-0.4, -0.2) is 15.0 Å². The summed E-state index contributed by atoms with van der Waals surface area (Å²) in [5.74, 6) is 1.11. The topological polar surface area (TPSA) is 72.2 Å². The second-order valence-corrected chi connectivity index (χ2v) is 7.86. The van der Waals surface area contributed by atoms with Crippen molar-refractivity contribution in [1.82, 2.24) is 4.72 Å². The van der Waals surface area contributed by atoms with E-state index in [-0.39, 0.29) is 15.8 Å². The molecule has 0 atom stereocenters. The van der Waals surface area contributed by atoms with Gasteiger partial charge in [0.25, 0.3) is 0 Å². The average Bonchev–Trinajstić information content (AvgIpc) is 2.31. The number of sulfonamides is 1. The van der Waals surface area contributed by atoms with E-state index in [9.17, 15) is 8.42 Å². The Morgan fingerprint density at radius 1 is 1.20 bits per heavy atom. The highest BCUT2D eigenvalue weighted by Gasteiger charge is 2.21. The number of anilines is 1. The number of hydrogen-bond donors (Lipinski definition) is 2. The predicted octanol–water partition coefficient (Wildman–Crippen LogP) is 3.13. The lowest BCUT2D eigenvalue weighted by Gasteiger charge is -2.25. The van der Waals surface area contributed by atoms with Crippen molar-refractivity contribution < 1.29 is 8.42 Å². The molecule has 0 saturated heterocycles. The summed E-state index contributed by atoms with van der Waals surface area (Å²) < 4.78 is 27.1. The number of hydrogen-bond acceptors (Lipinski definition) is 3. The van der Waals surface area contributed by atoms with Crippen LogP contribution >= 0.6 is 11.6 Å². The number of benzene rings is 1. The van der Waals surface area contributed by atoms with E-state index in [1.165, 1.54) is 18.2 Å². The Kier molecular flexibility index (Phi) is 5.86. The first-order chi connectivity index (χ1) is 9.15. The Balaban J connectivity index is 2.87. The molecule has 0 aromatic heterocycles. The maximum atomic E-state index is 12.2. The minimum atomic E-state index is -3.55. The van der Waals surface area contributed by atoms with Crippen LogP contribution in [0.25, 0.3) is 0 Å². The molecule has 1 aromatic rings. The second kappa shape index (κ2) is 6.78. The Morgan fingerprint density at radius 3 is 2.20 bits per heavy atom. The fourth-order valence-electron chi connectivity index (χ4n) is 2.21. The van der Waals surface area contributed by atoms with E-state index >= 15 is 0 Å². The van der Waals surface area contributed by atoms with Crippen LogP contribution in [0.2, 0.25) is 5.02 Å². The molecule has 0 unspecified atom stereocenters. The lowest BCUT2D eigenvalue weighted by atomic mass is 9.86. The van der Waals surface area contributed by atoms with Gasteiger partial charge in [0.05, 0.1) is 15.6 Å². The van der Waals surface area contributed by atoms with Crippen molar-refractivity contribution in [3.63, 3.8) is 0 Å². The fourth-order valence-corrected chi connectivity index (χ4v) is 3.55. The zero-order chi connectivity index (χ0) is 15.5. The minimum Gasteiger partial charge on any atom is -0.398 e. The molecular weight excluding hydrogens is 296 g/mol. The maximum absolute atomic E-state index is 12.2.